The molecule has 0 aliphatic carbocycles. The number of anilines is 2. The van der Waals surface area contributed by atoms with Gasteiger partial charge in [-0.2, -0.15) is 0 Å². The van der Waals surface area contributed by atoms with Crippen LogP contribution in [0.4, 0.5) is 11.4 Å². The van der Waals surface area contributed by atoms with Crippen molar-refractivity contribution in [3.63, 3.8) is 0 Å². The fraction of sp³-hybridized carbons (Fsp3) is 0.0370. The molecule has 4 aromatic rings. The van der Waals surface area contributed by atoms with Crippen molar-refractivity contribution in [1.29, 1.82) is 0 Å². The van der Waals surface area contributed by atoms with E-state index in [-0.39, 0.29) is 11.8 Å². The predicted octanol–water partition coefficient (Wildman–Crippen LogP) is 5.45. The first kappa shape index (κ1) is 21.6. The normalized spacial score (nSPS) is 11.2. The number of carbonyl (C=O) groups excluding carboxylic acids is 2. The van der Waals surface area contributed by atoms with E-state index < -0.39 is 0 Å². The van der Waals surface area contributed by atoms with Crippen molar-refractivity contribution in [1.82, 2.24) is 4.98 Å². The van der Waals surface area contributed by atoms with Crippen LogP contribution in [-0.2, 0) is 0 Å². The molecule has 4 rings (SSSR count). The fourth-order valence-corrected chi connectivity index (χ4v) is 3.32. The van der Waals surface area contributed by atoms with Crippen molar-refractivity contribution < 1.29 is 9.59 Å². The highest BCUT2D eigenvalue weighted by Gasteiger charge is 2.12. The van der Waals surface area contributed by atoms with Crippen LogP contribution in [0.25, 0.3) is 17.0 Å². The summed E-state index contributed by atoms with van der Waals surface area (Å²) in [6, 6.07) is 23.4. The summed E-state index contributed by atoms with van der Waals surface area (Å²) in [5.41, 5.74) is 3.90. The topological polar surface area (TPSA) is 83.5 Å². The summed E-state index contributed by atoms with van der Waals surface area (Å²) in [6.45, 7) is 0. The lowest BCUT2D eigenvalue weighted by Gasteiger charge is -2.09. The number of pyridine rings is 1. The van der Waals surface area contributed by atoms with Gasteiger partial charge in [0.15, 0.2) is 0 Å². The maximum atomic E-state index is 12.8. The maximum Gasteiger partial charge on any atom is 0.255 e. The molecule has 0 aliphatic rings. The van der Waals surface area contributed by atoms with E-state index in [1.807, 2.05) is 60.7 Å². The smallest absolute Gasteiger partial charge is 0.255 e. The van der Waals surface area contributed by atoms with Gasteiger partial charge in [0, 0.05) is 47.3 Å². The van der Waals surface area contributed by atoms with Crippen LogP contribution in [0.5, 0.6) is 0 Å². The van der Waals surface area contributed by atoms with Crippen LogP contribution >= 0.6 is 0 Å². The molecule has 0 bridgehead atoms. The molecule has 162 valence electrons. The van der Waals surface area contributed by atoms with Gasteiger partial charge in [-0.25, -0.2) is 0 Å². The average Bonchev–Trinajstić information content (AvgIpc) is 2.84. The summed E-state index contributed by atoms with van der Waals surface area (Å²) in [7, 11) is 1.70. The van der Waals surface area contributed by atoms with Gasteiger partial charge >= 0.3 is 0 Å². The summed E-state index contributed by atoms with van der Waals surface area (Å²) in [5, 5.41) is 6.69. The number of hydrogen-bond acceptors (Lipinski definition) is 4. The van der Waals surface area contributed by atoms with Crippen molar-refractivity contribution in [2.24, 2.45) is 4.99 Å². The van der Waals surface area contributed by atoms with Gasteiger partial charge in [-0.15, -0.1) is 0 Å². The van der Waals surface area contributed by atoms with Gasteiger partial charge in [-0.1, -0.05) is 30.3 Å². The Balaban J connectivity index is 1.47. The molecule has 33 heavy (non-hydrogen) atoms. The molecular weight excluding hydrogens is 412 g/mol. The molecule has 0 atom stereocenters. The highest BCUT2D eigenvalue weighted by Crippen LogP contribution is 2.19. The molecule has 6 heteroatoms. The van der Waals surface area contributed by atoms with Gasteiger partial charge in [-0.3, -0.25) is 19.6 Å². The first-order valence-electron chi connectivity index (χ1n) is 10.4. The van der Waals surface area contributed by atoms with Crippen molar-refractivity contribution in [2.45, 2.75) is 0 Å². The number of fused-ring (bicyclic) bond motifs is 1. The zero-order valence-corrected chi connectivity index (χ0v) is 18.0. The van der Waals surface area contributed by atoms with Crippen LogP contribution in [0.2, 0.25) is 0 Å². The number of aliphatic imine (C=N–C) groups is 1. The third kappa shape index (κ3) is 5.57. The van der Waals surface area contributed by atoms with Crippen molar-refractivity contribution in [3.8, 4) is 0 Å². The van der Waals surface area contributed by atoms with Crippen LogP contribution < -0.4 is 10.6 Å². The summed E-state index contributed by atoms with van der Waals surface area (Å²) < 4.78 is 0. The molecule has 0 saturated carbocycles. The Labute approximate surface area is 191 Å². The van der Waals surface area contributed by atoms with Crippen LogP contribution in [0.1, 0.15) is 26.3 Å². The van der Waals surface area contributed by atoms with E-state index in [9.17, 15) is 9.59 Å². The Morgan fingerprint density at radius 2 is 1.55 bits per heavy atom. The van der Waals surface area contributed by atoms with Crippen LogP contribution in [-0.4, -0.2) is 30.1 Å². The second-order valence-corrected chi connectivity index (χ2v) is 7.29. The van der Waals surface area contributed by atoms with Crippen molar-refractivity contribution in [2.75, 3.05) is 17.7 Å². The SMILES string of the molecule is CN=C/C=C\c1cccc(NC(=O)c2cccc(C(=O)Nc3ccc4ncccc4c3)c2)c1. The lowest BCUT2D eigenvalue weighted by molar-refractivity contribution is 0.102. The molecule has 2 amide bonds. The number of nitrogens with one attached hydrogen (secondary N) is 2. The van der Waals surface area contributed by atoms with Crippen LogP contribution in [0, 0.1) is 0 Å². The number of hydrogen-bond donors (Lipinski definition) is 2. The van der Waals surface area contributed by atoms with Gasteiger partial charge in [0.25, 0.3) is 11.8 Å². The lowest BCUT2D eigenvalue weighted by atomic mass is 10.1. The van der Waals surface area contributed by atoms with Crippen LogP contribution in [0.15, 0.2) is 96.1 Å². The Kier molecular flexibility index (Phi) is 6.66. The molecule has 0 radical (unpaired) electrons. The summed E-state index contributed by atoms with van der Waals surface area (Å²) in [6.07, 6.45) is 7.15. The number of nitrogens with zero attached hydrogens (tertiary/aromatic N) is 2. The molecule has 1 heterocycles. The third-order valence-corrected chi connectivity index (χ3v) is 4.92. The van der Waals surface area contributed by atoms with Gasteiger partial charge in [0.1, 0.15) is 0 Å². The van der Waals surface area contributed by atoms with Gasteiger partial charge in [0.2, 0.25) is 0 Å². The predicted molar refractivity (Wildman–Crippen MR) is 134 cm³/mol. The number of aromatic nitrogens is 1. The minimum atomic E-state index is -0.294. The van der Waals surface area contributed by atoms with Crippen molar-refractivity contribution >= 4 is 46.4 Å². The summed E-state index contributed by atoms with van der Waals surface area (Å²) >= 11 is 0. The molecule has 0 fully saturated rings. The van der Waals surface area contributed by atoms with Crippen molar-refractivity contribution in [3.05, 3.63) is 108 Å². The Morgan fingerprint density at radius 3 is 2.30 bits per heavy atom. The standard InChI is InChI=1S/C27H22N4O2/c1-28-14-4-7-19-6-2-11-23(16-19)30-26(32)21-8-3-9-22(17-21)27(33)31-24-12-13-25-20(18-24)10-5-15-29-25/h2-18H,1H3,(H,30,32)(H,31,33)/b7-4-,28-14?. The first-order valence-corrected chi connectivity index (χ1v) is 10.4. The van der Waals surface area contributed by atoms with Gasteiger partial charge < -0.3 is 10.6 Å². The highest BCUT2D eigenvalue weighted by molar-refractivity contribution is 6.09. The molecule has 6 nitrogen and oxygen atoms in total. The molecular formula is C27H22N4O2. The second kappa shape index (κ2) is 10.2. The molecule has 1 aromatic heterocycles. The first-order chi connectivity index (χ1) is 16.1. The fourth-order valence-electron chi connectivity index (χ4n) is 3.32. The van der Waals surface area contributed by atoms with E-state index >= 15 is 0 Å². The number of carbonyl (C=O) groups is 2. The summed E-state index contributed by atoms with van der Waals surface area (Å²) in [5.74, 6) is -0.588. The summed E-state index contributed by atoms with van der Waals surface area (Å²) in [4.78, 5) is 33.7. The zero-order valence-electron chi connectivity index (χ0n) is 18.0. The molecule has 3 aromatic carbocycles. The minimum Gasteiger partial charge on any atom is -0.322 e. The van der Waals surface area contributed by atoms with E-state index in [1.165, 1.54) is 0 Å². The molecule has 0 spiro atoms. The Hall–Kier alpha value is -4.58. The van der Waals surface area contributed by atoms with E-state index in [1.54, 1.807) is 49.8 Å². The quantitative estimate of drug-likeness (QED) is 0.396. The number of allylic oxidation sites excluding steroid dienone is 1. The largest absolute Gasteiger partial charge is 0.322 e. The average molecular weight is 434 g/mol. The van der Waals surface area contributed by atoms with E-state index in [2.05, 4.69) is 20.6 Å². The highest BCUT2D eigenvalue weighted by atomic mass is 16.2. The second-order valence-electron chi connectivity index (χ2n) is 7.29. The number of benzene rings is 3. The lowest BCUT2D eigenvalue weighted by Crippen LogP contribution is -2.15. The maximum absolute atomic E-state index is 12.8. The molecule has 0 aliphatic heterocycles. The number of amides is 2. The Morgan fingerprint density at radius 1 is 0.818 bits per heavy atom. The Bertz CT molecular complexity index is 1380. The van der Waals surface area contributed by atoms with Crippen LogP contribution in [0.3, 0.4) is 0 Å². The zero-order chi connectivity index (χ0) is 23.0. The third-order valence-electron chi connectivity index (χ3n) is 4.92. The van der Waals surface area contributed by atoms with E-state index in [0.29, 0.717) is 22.5 Å². The minimum absolute atomic E-state index is 0.294. The van der Waals surface area contributed by atoms with E-state index in [0.717, 1.165) is 16.5 Å². The molecule has 0 unspecified atom stereocenters. The molecule has 0 saturated heterocycles. The molecule has 2 N–H and O–H groups in total. The van der Waals surface area contributed by atoms with Gasteiger partial charge in [0.05, 0.1) is 5.52 Å². The van der Waals surface area contributed by atoms with E-state index in [4.69, 9.17) is 0 Å². The monoisotopic (exact) mass is 434 g/mol. The van der Waals surface area contributed by atoms with Gasteiger partial charge in [-0.05, 0) is 66.2 Å². The number of rotatable bonds is 6.